The van der Waals surface area contributed by atoms with Crippen molar-refractivity contribution in [2.24, 2.45) is 0 Å². The topological polar surface area (TPSA) is 102 Å². The Morgan fingerprint density at radius 1 is 0.966 bits per heavy atom. The lowest BCUT2D eigenvalue weighted by atomic mass is 10.2. The van der Waals surface area contributed by atoms with Crippen LogP contribution in [0.1, 0.15) is 5.56 Å². The van der Waals surface area contributed by atoms with Crippen LogP contribution < -0.4 is 10.0 Å². The number of sulfonamides is 1. The highest BCUT2D eigenvalue weighted by Gasteiger charge is 2.14. The van der Waals surface area contributed by atoms with E-state index in [4.69, 9.17) is 0 Å². The number of aryl methyl sites for hydroxylation is 1. The summed E-state index contributed by atoms with van der Waals surface area (Å²) in [7, 11) is -3.64. The van der Waals surface area contributed by atoms with Crippen LogP contribution in [0, 0.1) is 6.92 Å². The fourth-order valence-electron chi connectivity index (χ4n) is 2.72. The summed E-state index contributed by atoms with van der Waals surface area (Å²) >= 11 is 0. The van der Waals surface area contributed by atoms with E-state index in [1.165, 1.54) is 6.33 Å². The molecule has 4 rings (SSSR count). The molecule has 0 atom stereocenters. The van der Waals surface area contributed by atoms with E-state index >= 15 is 0 Å². The van der Waals surface area contributed by atoms with E-state index in [-0.39, 0.29) is 4.90 Å². The van der Waals surface area contributed by atoms with E-state index < -0.39 is 10.0 Å². The van der Waals surface area contributed by atoms with E-state index in [1.54, 1.807) is 71.8 Å². The largest absolute Gasteiger partial charge is 0.340 e. The van der Waals surface area contributed by atoms with Crippen LogP contribution in [0.2, 0.25) is 0 Å². The summed E-state index contributed by atoms with van der Waals surface area (Å²) in [6.45, 7) is 1.85. The maximum atomic E-state index is 12.5. The molecule has 0 amide bonds. The third-order valence-corrected chi connectivity index (χ3v) is 5.51. The number of rotatable bonds is 6. The van der Waals surface area contributed by atoms with Gasteiger partial charge >= 0.3 is 0 Å². The predicted octanol–water partition coefficient (Wildman–Crippen LogP) is 3.52. The number of nitrogens with one attached hydrogen (secondary N) is 2. The van der Waals surface area contributed by atoms with Gasteiger partial charge in [0.05, 0.1) is 4.90 Å². The molecule has 2 aromatic heterocycles. The molecule has 29 heavy (non-hydrogen) atoms. The Morgan fingerprint density at radius 3 is 2.48 bits per heavy atom. The monoisotopic (exact) mass is 406 g/mol. The van der Waals surface area contributed by atoms with Gasteiger partial charge < -0.3 is 5.32 Å². The lowest BCUT2D eigenvalue weighted by Crippen LogP contribution is -2.13. The maximum absolute atomic E-state index is 12.5. The summed E-state index contributed by atoms with van der Waals surface area (Å²) in [5.41, 5.74) is 2.12. The molecule has 0 unspecified atom stereocenters. The van der Waals surface area contributed by atoms with Gasteiger partial charge in [-0.25, -0.2) is 23.4 Å². The molecule has 2 heterocycles. The SMILES string of the molecule is Cc1cccc(S(=O)(=O)Nc2ccc(Nc3cc(-n4ccnc4)ncn3)cc2)c1. The van der Waals surface area contributed by atoms with Crippen LogP contribution in [0.3, 0.4) is 0 Å². The first-order chi connectivity index (χ1) is 14.0. The third kappa shape index (κ3) is 4.41. The average molecular weight is 406 g/mol. The van der Waals surface area contributed by atoms with E-state index in [9.17, 15) is 8.42 Å². The van der Waals surface area contributed by atoms with Crippen LogP contribution in [0.5, 0.6) is 0 Å². The Hall–Kier alpha value is -3.72. The Kier molecular flexibility index (Phi) is 4.96. The van der Waals surface area contributed by atoms with E-state index in [0.717, 1.165) is 11.3 Å². The lowest BCUT2D eigenvalue weighted by Gasteiger charge is -2.10. The van der Waals surface area contributed by atoms with Gasteiger partial charge in [0.15, 0.2) is 0 Å². The molecule has 2 aromatic carbocycles. The van der Waals surface area contributed by atoms with Crippen LogP contribution in [0.15, 0.2) is 84.5 Å². The molecule has 8 nitrogen and oxygen atoms in total. The number of aromatic nitrogens is 4. The van der Waals surface area contributed by atoms with Crippen molar-refractivity contribution in [3.63, 3.8) is 0 Å². The third-order valence-electron chi connectivity index (χ3n) is 4.13. The molecule has 0 bridgehead atoms. The Labute approximate surface area is 168 Å². The van der Waals surface area contributed by atoms with Gasteiger partial charge in [-0.05, 0) is 48.9 Å². The van der Waals surface area contributed by atoms with E-state index in [0.29, 0.717) is 17.3 Å². The molecule has 4 aromatic rings. The smallest absolute Gasteiger partial charge is 0.261 e. The number of anilines is 3. The van der Waals surface area contributed by atoms with Crippen molar-refractivity contribution >= 4 is 27.2 Å². The zero-order valence-corrected chi connectivity index (χ0v) is 16.3. The fourth-order valence-corrected chi connectivity index (χ4v) is 3.88. The van der Waals surface area contributed by atoms with Crippen LogP contribution in [-0.2, 0) is 10.0 Å². The molecule has 146 valence electrons. The van der Waals surface area contributed by atoms with Gasteiger partial charge in [-0.15, -0.1) is 0 Å². The Balaban J connectivity index is 1.48. The highest BCUT2D eigenvalue weighted by atomic mass is 32.2. The van der Waals surface area contributed by atoms with E-state index in [2.05, 4.69) is 25.0 Å². The predicted molar refractivity (Wildman–Crippen MR) is 111 cm³/mol. The number of hydrogen-bond acceptors (Lipinski definition) is 6. The van der Waals surface area contributed by atoms with Crippen molar-refractivity contribution in [3.05, 3.63) is 85.2 Å². The van der Waals surface area contributed by atoms with Crippen LogP contribution in [0.25, 0.3) is 5.82 Å². The highest BCUT2D eigenvalue weighted by Crippen LogP contribution is 2.21. The van der Waals surface area contributed by atoms with Crippen molar-refractivity contribution in [3.8, 4) is 5.82 Å². The van der Waals surface area contributed by atoms with Crippen LogP contribution in [0.4, 0.5) is 17.2 Å². The zero-order chi connectivity index (χ0) is 20.3. The number of nitrogens with zero attached hydrogens (tertiary/aromatic N) is 4. The normalized spacial score (nSPS) is 11.2. The molecule has 0 saturated carbocycles. The maximum Gasteiger partial charge on any atom is 0.261 e. The minimum absolute atomic E-state index is 0.229. The summed E-state index contributed by atoms with van der Waals surface area (Å²) in [6.07, 6.45) is 6.58. The van der Waals surface area contributed by atoms with Crippen molar-refractivity contribution in [1.82, 2.24) is 19.5 Å². The second-order valence-corrected chi connectivity index (χ2v) is 8.04. The van der Waals surface area contributed by atoms with Gasteiger partial charge in [-0.3, -0.25) is 9.29 Å². The molecule has 0 fully saturated rings. The van der Waals surface area contributed by atoms with Gasteiger partial charge in [0.1, 0.15) is 24.3 Å². The first-order valence-electron chi connectivity index (χ1n) is 8.77. The first-order valence-corrected chi connectivity index (χ1v) is 10.2. The van der Waals surface area contributed by atoms with E-state index in [1.807, 2.05) is 13.0 Å². The molecule has 0 saturated heterocycles. The summed E-state index contributed by atoms with van der Waals surface area (Å²) in [5, 5.41) is 3.17. The minimum Gasteiger partial charge on any atom is -0.340 e. The quantitative estimate of drug-likeness (QED) is 0.508. The Bertz CT molecular complexity index is 1220. The number of hydrogen-bond donors (Lipinski definition) is 2. The molecular weight excluding hydrogens is 388 g/mol. The molecule has 2 N–H and O–H groups in total. The molecule has 9 heteroatoms. The molecule has 0 aliphatic rings. The second-order valence-electron chi connectivity index (χ2n) is 6.36. The number of imidazole rings is 1. The molecule has 0 radical (unpaired) electrons. The van der Waals surface area contributed by atoms with Gasteiger partial charge in [-0.2, -0.15) is 0 Å². The summed E-state index contributed by atoms with van der Waals surface area (Å²) in [6, 6.07) is 15.5. The Morgan fingerprint density at radius 2 is 1.76 bits per heavy atom. The van der Waals surface area contributed by atoms with Gasteiger partial charge in [0.2, 0.25) is 0 Å². The highest BCUT2D eigenvalue weighted by molar-refractivity contribution is 7.92. The fraction of sp³-hybridized carbons (Fsp3) is 0.0500. The van der Waals surface area contributed by atoms with Gasteiger partial charge in [0.25, 0.3) is 10.0 Å². The van der Waals surface area contributed by atoms with Crippen molar-refractivity contribution in [1.29, 1.82) is 0 Å². The summed E-state index contributed by atoms with van der Waals surface area (Å²) in [4.78, 5) is 12.6. The van der Waals surface area contributed by atoms with Gasteiger partial charge in [0, 0.05) is 29.8 Å². The average Bonchev–Trinajstić information content (AvgIpc) is 3.25. The summed E-state index contributed by atoms with van der Waals surface area (Å²) < 4.78 is 29.4. The first kappa shape index (κ1) is 18.6. The second kappa shape index (κ2) is 7.72. The molecular formula is C20H18N6O2S. The zero-order valence-electron chi connectivity index (χ0n) is 15.5. The molecule has 0 spiro atoms. The number of benzene rings is 2. The van der Waals surface area contributed by atoms with Gasteiger partial charge in [-0.1, -0.05) is 12.1 Å². The van der Waals surface area contributed by atoms with Crippen LogP contribution >= 0.6 is 0 Å². The summed E-state index contributed by atoms with van der Waals surface area (Å²) in [5.74, 6) is 1.29. The van der Waals surface area contributed by atoms with Crippen molar-refractivity contribution < 1.29 is 8.42 Å². The molecule has 0 aliphatic carbocycles. The van der Waals surface area contributed by atoms with Crippen molar-refractivity contribution in [2.45, 2.75) is 11.8 Å². The van der Waals surface area contributed by atoms with Crippen LogP contribution in [-0.4, -0.2) is 27.9 Å². The molecule has 0 aliphatic heterocycles. The minimum atomic E-state index is -3.64. The lowest BCUT2D eigenvalue weighted by molar-refractivity contribution is 0.601. The standard InChI is InChI=1S/C20H18N6O2S/c1-15-3-2-4-18(11-15)29(27,28)25-17-7-5-16(6-8-17)24-19-12-20(23-13-22-19)26-10-9-21-14-26/h2-14,25H,1H3,(H,22,23,24). The van der Waals surface area contributed by atoms with Crippen molar-refractivity contribution in [2.75, 3.05) is 10.0 Å².